The highest BCUT2D eigenvalue weighted by Crippen LogP contribution is 2.34. The van der Waals surface area contributed by atoms with E-state index in [2.05, 4.69) is 4.99 Å². The molecule has 0 N–H and O–H groups in total. The third-order valence-corrected chi connectivity index (χ3v) is 3.85. The molecule has 0 fully saturated rings. The predicted molar refractivity (Wildman–Crippen MR) is 93.4 cm³/mol. The van der Waals surface area contributed by atoms with Crippen LogP contribution < -0.4 is 0 Å². The molecule has 0 radical (unpaired) electrons. The lowest BCUT2D eigenvalue weighted by Gasteiger charge is -2.17. The van der Waals surface area contributed by atoms with Crippen LogP contribution in [-0.2, 0) is 9.47 Å². The maximum atomic E-state index is 10.8. The fraction of sp³-hybridized carbons (Fsp3) is 0.188. The van der Waals surface area contributed by atoms with Gasteiger partial charge in [-0.05, 0) is 29.8 Å². The molecule has 0 aliphatic heterocycles. The van der Waals surface area contributed by atoms with Crippen molar-refractivity contribution in [1.82, 2.24) is 0 Å². The summed E-state index contributed by atoms with van der Waals surface area (Å²) in [5, 5.41) is 11.5. The summed E-state index contributed by atoms with van der Waals surface area (Å²) in [6.45, 7) is 0. The molecule has 2 aromatic carbocycles. The van der Waals surface area contributed by atoms with Gasteiger partial charge in [0.15, 0.2) is 6.10 Å². The quantitative estimate of drug-likeness (QED) is 0.323. The maximum absolute atomic E-state index is 10.8. The molecule has 0 bridgehead atoms. The normalized spacial score (nSPS) is 12.8. The molecule has 6 nitrogen and oxygen atoms in total. The number of nitro benzene ring substituents is 1. The van der Waals surface area contributed by atoms with E-state index >= 15 is 0 Å². The number of nitro groups is 1. The van der Waals surface area contributed by atoms with Crippen LogP contribution in [0.25, 0.3) is 0 Å². The minimum absolute atomic E-state index is 0.0151. The molecule has 0 saturated carbocycles. The van der Waals surface area contributed by atoms with Gasteiger partial charge in [0, 0.05) is 19.2 Å². The minimum Gasteiger partial charge on any atom is -0.482 e. The zero-order chi connectivity index (χ0) is 17.7. The molecule has 24 heavy (non-hydrogen) atoms. The standard InChI is InChI=1S/C16H14Cl2N2O4/c1-23-15(10-6-8-11(9-7-10)20(21)22)16(24-2)19-14-12(17)4-3-5-13(14)18/h3-9,15H,1-2H3. The molecule has 0 aromatic heterocycles. The van der Waals surface area contributed by atoms with Crippen molar-refractivity contribution in [3.05, 3.63) is 68.2 Å². The summed E-state index contributed by atoms with van der Waals surface area (Å²) < 4.78 is 10.8. The van der Waals surface area contributed by atoms with Crippen LogP contribution in [0.3, 0.4) is 0 Å². The van der Waals surface area contributed by atoms with Gasteiger partial charge in [-0.15, -0.1) is 0 Å². The number of rotatable bonds is 5. The van der Waals surface area contributed by atoms with E-state index in [1.54, 1.807) is 30.3 Å². The second-order valence-corrected chi connectivity index (χ2v) is 5.50. The first-order valence-electron chi connectivity index (χ1n) is 6.81. The number of benzene rings is 2. The number of non-ortho nitro benzene ring substituents is 1. The molecule has 1 unspecified atom stereocenters. The SMILES string of the molecule is COC(=Nc1c(Cl)cccc1Cl)C(OC)c1ccc([N+](=O)[O-])cc1. The fourth-order valence-corrected chi connectivity index (χ4v) is 2.55. The van der Waals surface area contributed by atoms with E-state index in [0.717, 1.165) is 0 Å². The Morgan fingerprint density at radius 2 is 1.71 bits per heavy atom. The minimum atomic E-state index is -0.664. The van der Waals surface area contributed by atoms with Crippen molar-refractivity contribution in [2.75, 3.05) is 14.2 Å². The van der Waals surface area contributed by atoms with Crippen molar-refractivity contribution >= 4 is 40.5 Å². The van der Waals surface area contributed by atoms with Gasteiger partial charge in [0.1, 0.15) is 5.69 Å². The summed E-state index contributed by atoms with van der Waals surface area (Å²) in [7, 11) is 2.93. The Hall–Kier alpha value is -2.15. The number of hydrogen-bond acceptors (Lipinski definition) is 5. The number of aliphatic imine (C=N–C) groups is 1. The molecule has 2 aromatic rings. The molecule has 0 saturated heterocycles. The number of para-hydroxylation sites is 1. The van der Waals surface area contributed by atoms with E-state index in [-0.39, 0.29) is 11.6 Å². The van der Waals surface area contributed by atoms with E-state index in [1.165, 1.54) is 26.4 Å². The van der Waals surface area contributed by atoms with Crippen LogP contribution >= 0.6 is 23.2 Å². The van der Waals surface area contributed by atoms with Crippen LogP contribution in [0.15, 0.2) is 47.5 Å². The van der Waals surface area contributed by atoms with Crippen LogP contribution in [0.4, 0.5) is 11.4 Å². The second-order valence-electron chi connectivity index (χ2n) is 4.69. The molecule has 0 amide bonds. The summed E-state index contributed by atoms with van der Waals surface area (Å²) in [4.78, 5) is 14.6. The van der Waals surface area contributed by atoms with Crippen LogP contribution in [0, 0.1) is 10.1 Å². The molecule has 0 aliphatic rings. The predicted octanol–water partition coefficient (Wildman–Crippen LogP) is 4.97. The van der Waals surface area contributed by atoms with Gasteiger partial charge >= 0.3 is 0 Å². The van der Waals surface area contributed by atoms with Crippen LogP contribution in [0.2, 0.25) is 10.0 Å². The third kappa shape index (κ3) is 4.03. The zero-order valence-corrected chi connectivity index (χ0v) is 14.4. The summed E-state index contributed by atoms with van der Waals surface area (Å²) in [5.41, 5.74) is 0.993. The van der Waals surface area contributed by atoms with Crippen molar-refractivity contribution in [2.24, 2.45) is 4.99 Å². The molecule has 126 valence electrons. The number of ether oxygens (including phenoxy) is 2. The molecular formula is C16H14Cl2N2O4. The molecule has 0 heterocycles. The van der Waals surface area contributed by atoms with Crippen molar-refractivity contribution < 1.29 is 14.4 Å². The highest BCUT2D eigenvalue weighted by Gasteiger charge is 2.21. The Balaban J connectivity index is 2.42. The number of methoxy groups -OCH3 is 2. The maximum Gasteiger partial charge on any atom is 0.269 e. The molecular weight excluding hydrogens is 355 g/mol. The Labute approximate surface area is 148 Å². The zero-order valence-electron chi connectivity index (χ0n) is 12.9. The van der Waals surface area contributed by atoms with Gasteiger partial charge in [-0.2, -0.15) is 0 Å². The summed E-state index contributed by atoms with van der Waals surface area (Å²) in [6, 6.07) is 11.0. The lowest BCUT2D eigenvalue weighted by atomic mass is 10.1. The number of hydrogen-bond donors (Lipinski definition) is 0. The third-order valence-electron chi connectivity index (χ3n) is 3.24. The van der Waals surface area contributed by atoms with Crippen LogP contribution in [-0.4, -0.2) is 25.0 Å². The van der Waals surface area contributed by atoms with E-state index in [4.69, 9.17) is 32.7 Å². The summed E-state index contributed by atoms with van der Waals surface area (Å²) in [6.07, 6.45) is -0.664. The lowest BCUT2D eigenvalue weighted by Crippen LogP contribution is -2.16. The Kier molecular flexibility index (Phi) is 6.14. The molecule has 2 rings (SSSR count). The number of halogens is 2. The second kappa shape index (κ2) is 8.10. The highest BCUT2D eigenvalue weighted by atomic mass is 35.5. The van der Waals surface area contributed by atoms with Gasteiger partial charge in [-0.25, -0.2) is 4.99 Å². The monoisotopic (exact) mass is 368 g/mol. The highest BCUT2D eigenvalue weighted by molar-refractivity contribution is 6.38. The Morgan fingerprint density at radius 3 is 2.17 bits per heavy atom. The first-order valence-corrected chi connectivity index (χ1v) is 7.57. The van der Waals surface area contributed by atoms with Gasteiger partial charge in [-0.1, -0.05) is 29.3 Å². The van der Waals surface area contributed by atoms with Gasteiger partial charge in [0.25, 0.3) is 5.69 Å². The topological polar surface area (TPSA) is 74.0 Å². The Bertz CT molecular complexity index is 743. The average molecular weight is 369 g/mol. The first-order chi connectivity index (χ1) is 11.5. The van der Waals surface area contributed by atoms with Gasteiger partial charge in [0.05, 0.1) is 22.1 Å². The van der Waals surface area contributed by atoms with Crippen molar-refractivity contribution in [3.63, 3.8) is 0 Å². The van der Waals surface area contributed by atoms with E-state index in [9.17, 15) is 10.1 Å². The van der Waals surface area contributed by atoms with E-state index < -0.39 is 11.0 Å². The average Bonchev–Trinajstić information content (AvgIpc) is 2.57. The smallest absolute Gasteiger partial charge is 0.269 e. The van der Waals surface area contributed by atoms with Gasteiger partial charge < -0.3 is 9.47 Å². The fourth-order valence-electron chi connectivity index (χ4n) is 2.07. The number of nitrogens with zero attached hydrogens (tertiary/aromatic N) is 2. The summed E-state index contributed by atoms with van der Waals surface area (Å²) >= 11 is 12.2. The van der Waals surface area contributed by atoms with Gasteiger partial charge in [0.2, 0.25) is 5.90 Å². The summed E-state index contributed by atoms with van der Waals surface area (Å²) in [5.74, 6) is 0.223. The van der Waals surface area contributed by atoms with Crippen molar-refractivity contribution in [3.8, 4) is 0 Å². The van der Waals surface area contributed by atoms with Crippen molar-refractivity contribution in [1.29, 1.82) is 0 Å². The Morgan fingerprint density at radius 1 is 1.12 bits per heavy atom. The molecule has 0 spiro atoms. The first kappa shape index (κ1) is 18.2. The van der Waals surface area contributed by atoms with Crippen LogP contribution in [0.1, 0.15) is 11.7 Å². The van der Waals surface area contributed by atoms with E-state index in [0.29, 0.717) is 21.3 Å². The largest absolute Gasteiger partial charge is 0.482 e. The molecule has 1 atom stereocenters. The van der Waals surface area contributed by atoms with E-state index in [1.807, 2.05) is 0 Å². The molecule has 8 heteroatoms. The molecule has 0 aliphatic carbocycles. The van der Waals surface area contributed by atoms with Crippen LogP contribution in [0.5, 0.6) is 0 Å². The van der Waals surface area contributed by atoms with Gasteiger partial charge in [-0.3, -0.25) is 10.1 Å². The lowest BCUT2D eigenvalue weighted by molar-refractivity contribution is -0.384. The van der Waals surface area contributed by atoms with Crippen molar-refractivity contribution in [2.45, 2.75) is 6.10 Å².